The molecule has 0 unspecified atom stereocenters. The third-order valence-electron chi connectivity index (χ3n) is 2.30. The van der Waals surface area contributed by atoms with E-state index in [4.69, 9.17) is 4.74 Å². The van der Waals surface area contributed by atoms with Gasteiger partial charge >= 0.3 is 0 Å². The average Bonchev–Trinajstić information content (AvgIpc) is 2.39. The van der Waals surface area contributed by atoms with Crippen LogP contribution in [0.3, 0.4) is 0 Å². The van der Waals surface area contributed by atoms with Crippen LogP contribution in [-0.2, 0) is 0 Å². The van der Waals surface area contributed by atoms with Crippen molar-refractivity contribution in [2.75, 3.05) is 7.11 Å². The van der Waals surface area contributed by atoms with Gasteiger partial charge in [-0.15, -0.1) is 0 Å². The fourth-order valence-corrected chi connectivity index (χ4v) is 2.91. The number of benzene rings is 2. The van der Waals surface area contributed by atoms with Gasteiger partial charge in [0, 0.05) is 14.9 Å². The van der Waals surface area contributed by atoms with Gasteiger partial charge in [0.15, 0.2) is 0 Å². The van der Waals surface area contributed by atoms with Crippen LogP contribution in [0.2, 0.25) is 0 Å². The highest BCUT2D eigenvalue weighted by atomic mass is 79.9. The summed E-state index contributed by atoms with van der Waals surface area (Å²) in [6.07, 6.45) is 0. The summed E-state index contributed by atoms with van der Waals surface area (Å²) in [6, 6.07) is 14.8. The van der Waals surface area contributed by atoms with Crippen molar-refractivity contribution in [3.8, 4) is 5.75 Å². The lowest BCUT2D eigenvalue weighted by molar-refractivity contribution is 0.108. The monoisotopic (exact) mass is 322 g/mol. The molecule has 18 heavy (non-hydrogen) atoms. The van der Waals surface area contributed by atoms with Crippen LogP contribution in [0.15, 0.2) is 57.9 Å². The highest BCUT2D eigenvalue weighted by Crippen LogP contribution is 2.30. The van der Waals surface area contributed by atoms with Gasteiger partial charge in [0.25, 0.3) is 0 Å². The largest absolute Gasteiger partial charge is 0.497 e. The zero-order valence-corrected chi connectivity index (χ0v) is 12.1. The first kappa shape index (κ1) is 13.2. The van der Waals surface area contributed by atoms with Crippen LogP contribution in [-0.4, -0.2) is 12.2 Å². The smallest absolute Gasteiger partial charge is 0.224 e. The molecular formula is C14H11BrO2S. The molecule has 2 rings (SSSR count). The number of carbonyl (C=O) groups is 1. The zero-order valence-electron chi connectivity index (χ0n) is 9.72. The molecule has 2 aromatic carbocycles. The Kier molecular flexibility index (Phi) is 4.44. The van der Waals surface area contributed by atoms with Crippen molar-refractivity contribution in [3.63, 3.8) is 0 Å². The van der Waals surface area contributed by atoms with Crippen LogP contribution in [0.1, 0.15) is 10.4 Å². The molecule has 0 atom stereocenters. The summed E-state index contributed by atoms with van der Waals surface area (Å²) in [6.45, 7) is 0. The number of thioether (sulfide) groups is 1. The van der Waals surface area contributed by atoms with Crippen molar-refractivity contribution in [2.45, 2.75) is 4.90 Å². The third-order valence-corrected chi connectivity index (χ3v) is 3.65. The molecule has 0 radical (unpaired) electrons. The van der Waals surface area contributed by atoms with Crippen molar-refractivity contribution in [2.24, 2.45) is 0 Å². The van der Waals surface area contributed by atoms with Gasteiger partial charge in [-0.05, 0) is 30.0 Å². The molecule has 2 aromatic rings. The first-order valence-electron chi connectivity index (χ1n) is 5.31. The van der Waals surface area contributed by atoms with E-state index in [0.29, 0.717) is 5.56 Å². The van der Waals surface area contributed by atoms with E-state index >= 15 is 0 Å². The number of carbonyl (C=O) groups excluding carboxylic acids is 1. The van der Waals surface area contributed by atoms with E-state index in [1.54, 1.807) is 7.11 Å². The number of methoxy groups -OCH3 is 1. The van der Waals surface area contributed by atoms with E-state index < -0.39 is 0 Å². The molecule has 0 amide bonds. The van der Waals surface area contributed by atoms with Gasteiger partial charge in [-0.1, -0.05) is 46.3 Å². The third kappa shape index (κ3) is 3.37. The van der Waals surface area contributed by atoms with E-state index in [2.05, 4.69) is 15.9 Å². The number of rotatable bonds is 3. The Morgan fingerprint density at radius 1 is 1.17 bits per heavy atom. The van der Waals surface area contributed by atoms with E-state index in [1.165, 1.54) is 11.8 Å². The highest BCUT2D eigenvalue weighted by molar-refractivity contribution is 9.10. The zero-order chi connectivity index (χ0) is 13.0. The first-order chi connectivity index (χ1) is 8.69. The SMILES string of the molecule is COc1cc(Br)cc(SC(=O)c2ccccc2)c1. The molecular weight excluding hydrogens is 312 g/mol. The van der Waals surface area contributed by atoms with Gasteiger partial charge in [-0.3, -0.25) is 4.79 Å². The Balaban J connectivity index is 2.19. The van der Waals surface area contributed by atoms with Crippen LogP contribution in [0.5, 0.6) is 5.75 Å². The van der Waals surface area contributed by atoms with Crippen LogP contribution in [0.25, 0.3) is 0 Å². The Labute approximate surface area is 118 Å². The Bertz CT molecular complexity index is 555. The first-order valence-corrected chi connectivity index (χ1v) is 6.92. The molecule has 4 heteroatoms. The van der Waals surface area contributed by atoms with Crippen LogP contribution in [0.4, 0.5) is 0 Å². The summed E-state index contributed by atoms with van der Waals surface area (Å²) >= 11 is 4.59. The molecule has 0 heterocycles. The summed E-state index contributed by atoms with van der Waals surface area (Å²) < 4.78 is 6.06. The minimum atomic E-state index is 0.0238. The fraction of sp³-hybridized carbons (Fsp3) is 0.0714. The van der Waals surface area contributed by atoms with Crippen molar-refractivity contribution < 1.29 is 9.53 Å². The van der Waals surface area contributed by atoms with E-state index in [1.807, 2.05) is 48.5 Å². The molecule has 0 aliphatic carbocycles. The molecule has 2 nitrogen and oxygen atoms in total. The maximum Gasteiger partial charge on any atom is 0.224 e. The number of hydrogen-bond donors (Lipinski definition) is 0. The average molecular weight is 323 g/mol. The number of hydrogen-bond acceptors (Lipinski definition) is 3. The van der Waals surface area contributed by atoms with Crippen molar-refractivity contribution in [1.29, 1.82) is 0 Å². The Morgan fingerprint density at radius 3 is 2.56 bits per heavy atom. The lowest BCUT2D eigenvalue weighted by atomic mass is 10.2. The summed E-state index contributed by atoms with van der Waals surface area (Å²) in [4.78, 5) is 12.9. The second-order valence-corrected chi connectivity index (χ2v) is 5.54. The molecule has 0 aromatic heterocycles. The minimum absolute atomic E-state index is 0.0238. The van der Waals surface area contributed by atoms with Crippen LogP contribution in [0, 0.1) is 0 Å². The molecule has 92 valence electrons. The molecule has 0 aliphatic rings. The normalized spacial score (nSPS) is 10.1. The standard InChI is InChI=1S/C14H11BrO2S/c1-17-12-7-11(15)8-13(9-12)18-14(16)10-5-3-2-4-6-10/h2-9H,1H3. The second kappa shape index (κ2) is 6.07. The van der Waals surface area contributed by atoms with Gasteiger partial charge in [0.2, 0.25) is 5.12 Å². The summed E-state index contributed by atoms with van der Waals surface area (Å²) in [5.41, 5.74) is 0.696. The molecule has 0 N–H and O–H groups in total. The second-order valence-electron chi connectivity index (χ2n) is 3.58. The maximum absolute atomic E-state index is 12.0. The van der Waals surface area contributed by atoms with Gasteiger partial charge < -0.3 is 4.74 Å². The molecule has 0 spiro atoms. The molecule has 0 fully saturated rings. The predicted octanol–water partition coefficient (Wildman–Crippen LogP) is 4.39. The van der Waals surface area contributed by atoms with Gasteiger partial charge in [-0.25, -0.2) is 0 Å². The number of ether oxygens (including phenoxy) is 1. The Hall–Kier alpha value is -1.26. The maximum atomic E-state index is 12.0. The van der Waals surface area contributed by atoms with Gasteiger partial charge in [-0.2, -0.15) is 0 Å². The minimum Gasteiger partial charge on any atom is -0.497 e. The quantitative estimate of drug-likeness (QED) is 0.784. The number of halogens is 1. The van der Waals surface area contributed by atoms with Crippen LogP contribution < -0.4 is 4.74 Å². The lowest BCUT2D eigenvalue weighted by Crippen LogP contribution is -1.92. The Morgan fingerprint density at radius 2 is 1.89 bits per heavy atom. The van der Waals surface area contributed by atoms with Crippen molar-refractivity contribution in [3.05, 3.63) is 58.6 Å². The van der Waals surface area contributed by atoms with Gasteiger partial charge in [0.1, 0.15) is 5.75 Å². The van der Waals surface area contributed by atoms with Gasteiger partial charge in [0.05, 0.1) is 7.11 Å². The summed E-state index contributed by atoms with van der Waals surface area (Å²) in [5.74, 6) is 0.729. The molecule has 0 aliphatic heterocycles. The topological polar surface area (TPSA) is 26.3 Å². The molecule has 0 saturated carbocycles. The van der Waals surface area contributed by atoms with E-state index in [0.717, 1.165) is 15.1 Å². The lowest BCUT2D eigenvalue weighted by Gasteiger charge is -2.05. The van der Waals surface area contributed by atoms with Crippen molar-refractivity contribution in [1.82, 2.24) is 0 Å². The molecule has 0 bridgehead atoms. The van der Waals surface area contributed by atoms with E-state index in [9.17, 15) is 4.79 Å². The fourth-order valence-electron chi connectivity index (χ4n) is 1.45. The van der Waals surface area contributed by atoms with Crippen molar-refractivity contribution >= 4 is 32.8 Å². The molecule has 0 saturated heterocycles. The van der Waals surface area contributed by atoms with Crippen LogP contribution >= 0.6 is 27.7 Å². The van der Waals surface area contributed by atoms with E-state index in [-0.39, 0.29) is 5.12 Å². The summed E-state index contributed by atoms with van der Waals surface area (Å²) in [5, 5.41) is 0.0238. The predicted molar refractivity (Wildman–Crippen MR) is 77.3 cm³/mol. The summed E-state index contributed by atoms with van der Waals surface area (Å²) in [7, 11) is 1.61. The highest BCUT2D eigenvalue weighted by Gasteiger charge is 2.09.